The molecule has 1 saturated carbocycles. The number of likely N-dealkylation sites (tertiary alicyclic amines) is 1. The molecule has 0 spiro atoms. The summed E-state index contributed by atoms with van der Waals surface area (Å²) in [6.07, 6.45) is 3.38. The van der Waals surface area contributed by atoms with Gasteiger partial charge < -0.3 is 10.4 Å². The predicted molar refractivity (Wildman–Crippen MR) is 71.2 cm³/mol. The van der Waals surface area contributed by atoms with Gasteiger partial charge in [0.15, 0.2) is 0 Å². The van der Waals surface area contributed by atoms with Crippen LogP contribution < -0.4 is 5.32 Å². The molecule has 0 aromatic heterocycles. The number of amides is 1. The molecule has 104 valence electrons. The predicted octanol–water partition coefficient (Wildman–Crippen LogP) is 1.13. The monoisotopic (exact) mass is 254 g/mol. The molecule has 1 aliphatic heterocycles. The highest BCUT2D eigenvalue weighted by atomic mass is 16.3. The summed E-state index contributed by atoms with van der Waals surface area (Å²) < 4.78 is 0. The van der Waals surface area contributed by atoms with Crippen molar-refractivity contribution in [1.82, 2.24) is 10.2 Å². The fourth-order valence-corrected chi connectivity index (χ4v) is 2.79. The molecule has 0 aromatic rings. The second-order valence-corrected chi connectivity index (χ2v) is 6.29. The number of aliphatic hydroxyl groups is 1. The molecule has 3 atom stereocenters. The Bertz CT molecular complexity index is 302. The van der Waals surface area contributed by atoms with Crippen molar-refractivity contribution in [2.45, 2.75) is 70.7 Å². The maximum Gasteiger partial charge on any atom is 0.222 e. The summed E-state index contributed by atoms with van der Waals surface area (Å²) in [6.45, 7) is 7.09. The number of hydrogen-bond acceptors (Lipinski definition) is 3. The lowest BCUT2D eigenvalue weighted by Gasteiger charge is -2.20. The van der Waals surface area contributed by atoms with Gasteiger partial charge in [-0.05, 0) is 32.1 Å². The Balaban J connectivity index is 1.75. The number of rotatable bonds is 5. The molecule has 2 fully saturated rings. The van der Waals surface area contributed by atoms with Gasteiger partial charge in [-0.15, -0.1) is 0 Å². The number of nitrogens with one attached hydrogen (secondary N) is 1. The number of hydrogen-bond donors (Lipinski definition) is 2. The minimum Gasteiger partial charge on any atom is -0.392 e. The number of carbonyl (C=O) groups is 1. The Morgan fingerprint density at radius 3 is 2.67 bits per heavy atom. The van der Waals surface area contributed by atoms with E-state index in [0.717, 1.165) is 19.0 Å². The van der Waals surface area contributed by atoms with E-state index in [1.165, 1.54) is 12.8 Å². The van der Waals surface area contributed by atoms with Gasteiger partial charge in [-0.3, -0.25) is 9.69 Å². The quantitative estimate of drug-likeness (QED) is 0.773. The van der Waals surface area contributed by atoms with Gasteiger partial charge in [0.25, 0.3) is 0 Å². The molecule has 1 heterocycles. The minimum absolute atomic E-state index is 0.00829. The molecule has 2 rings (SSSR count). The van der Waals surface area contributed by atoms with Gasteiger partial charge in [0, 0.05) is 24.7 Å². The van der Waals surface area contributed by atoms with E-state index >= 15 is 0 Å². The molecular weight excluding hydrogens is 228 g/mol. The van der Waals surface area contributed by atoms with Crippen LogP contribution in [0.3, 0.4) is 0 Å². The number of aliphatic hydroxyl groups excluding tert-OH is 1. The number of nitrogens with zero attached hydrogens (tertiary/aromatic N) is 1. The second-order valence-electron chi connectivity index (χ2n) is 6.29. The summed E-state index contributed by atoms with van der Waals surface area (Å²) in [5.74, 6) is 0.132. The van der Waals surface area contributed by atoms with Crippen molar-refractivity contribution >= 4 is 5.91 Å². The van der Waals surface area contributed by atoms with Gasteiger partial charge >= 0.3 is 0 Å². The van der Waals surface area contributed by atoms with Crippen LogP contribution in [0.4, 0.5) is 0 Å². The van der Waals surface area contributed by atoms with Crippen LogP contribution in [-0.2, 0) is 4.79 Å². The van der Waals surface area contributed by atoms with Crippen LogP contribution in [0, 0.1) is 5.92 Å². The maximum absolute atomic E-state index is 11.8. The zero-order valence-corrected chi connectivity index (χ0v) is 11.7. The zero-order valence-electron chi connectivity index (χ0n) is 11.7. The van der Waals surface area contributed by atoms with Crippen LogP contribution in [-0.4, -0.2) is 46.7 Å². The van der Waals surface area contributed by atoms with Gasteiger partial charge in [0.2, 0.25) is 5.91 Å². The molecule has 1 saturated heterocycles. The third-order valence-corrected chi connectivity index (χ3v) is 4.17. The molecule has 2 N–H and O–H groups in total. The summed E-state index contributed by atoms with van der Waals surface area (Å²) >= 11 is 0. The summed E-state index contributed by atoms with van der Waals surface area (Å²) in [7, 11) is 0. The molecule has 3 unspecified atom stereocenters. The van der Waals surface area contributed by atoms with Crippen LogP contribution in [0.25, 0.3) is 0 Å². The first kappa shape index (κ1) is 13.8. The normalized spacial score (nSPS) is 30.7. The van der Waals surface area contributed by atoms with Crippen molar-refractivity contribution in [2.75, 3.05) is 6.54 Å². The van der Waals surface area contributed by atoms with E-state index in [-0.39, 0.29) is 24.3 Å². The van der Waals surface area contributed by atoms with Crippen molar-refractivity contribution in [3.05, 3.63) is 0 Å². The molecule has 18 heavy (non-hydrogen) atoms. The van der Waals surface area contributed by atoms with Gasteiger partial charge in [0.05, 0.1) is 12.5 Å². The topological polar surface area (TPSA) is 52.6 Å². The van der Waals surface area contributed by atoms with E-state index in [1.54, 1.807) is 0 Å². The van der Waals surface area contributed by atoms with Crippen molar-refractivity contribution in [3.8, 4) is 0 Å². The second kappa shape index (κ2) is 5.57. The van der Waals surface area contributed by atoms with Crippen LogP contribution in [0.1, 0.15) is 46.5 Å². The van der Waals surface area contributed by atoms with Gasteiger partial charge in [-0.25, -0.2) is 0 Å². The average molecular weight is 254 g/mol. The van der Waals surface area contributed by atoms with Crippen LogP contribution >= 0.6 is 0 Å². The molecule has 0 radical (unpaired) electrons. The van der Waals surface area contributed by atoms with Crippen molar-refractivity contribution in [2.24, 2.45) is 5.92 Å². The van der Waals surface area contributed by atoms with E-state index in [4.69, 9.17) is 0 Å². The lowest BCUT2D eigenvalue weighted by molar-refractivity contribution is -0.124. The Kier molecular flexibility index (Phi) is 4.28. The summed E-state index contributed by atoms with van der Waals surface area (Å²) in [6, 6.07) is 1.62. The Hall–Kier alpha value is -0.610. The highest BCUT2D eigenvalue weighted by molar-refractivity contribution is 5.76. The Morgan fingerprint density at radius 2 is 2.11 bits per heavy atom. The molecule has 0 bridgehead atoms. The van der Waals surface area contributed by atoms with Gasteiger partial charge in [-0.1, -0.05) is 13.8 Å². The largest absolute Gasteiger partial charge is 0.392 e. The standard InChI is InChI=1S/C14H26N2O2/c1-9(2)13(17)7-14(18)15-11-6-10(3)16(8-11)12-4-5-12/h9-13,17H,4-8H2,1-3H3,(H,15,18). The highest BCUT2D eigenvalue weighted by Gasteiger charge is 2.39. The Morgan fingerprint density at radius 1 is 1.44 bits per heavy atom. The average Bonchev–Trinajstić information content (AvgIpc) is 3.04. The first-order chi connectivity index (χ1) is 8.47. The summed E-state index contributed by atoms with van der Waals surface area (Å²) in [4.78, 5) is 14.3. The summed E-state index contributed by atoms with van der Waals surface area (Å²) in [5.41, 5.74) is 0. The minimum atomic E-state index is -0.525. The van der Waals surface area contributed by atoms with Crippen LogP contribution in [0.2, 0.25) is 0 Å². The van der Waals surface area contributed by atoms with Crippen LogP contribution in [0.5, 0.6) is 0 Å². The van der Waals surface area contributed by atoms with Gasteiger partial charge in [0.1, 0.15) is 0 Å². The third-order valence-electron chi connectivity index (χ3n) is 4.17. The van der Waals surface area contributed by atoms with Crippen molar-refractivity contribution in [1.29, 1.82) is 0 Å². The molecule has 4 nitrogen and oxygen atoms in total. The number of carbonyl (C=O) groups excluding carboxylic acids is 1. The molecule has 2 aliphatic rings. The lowest BCUT2D eigenvalue weighted by atomic mass is 10.0. The molecule has 1 aliphatic carbocycles. The van der Waals surface area contributed by atoms with E-state index < -0.39 is 6.10 Å². The molecular formula is C14H26N2O2. The fraction of sp³-hybridized carbons (Fsp3) is 0.929. The van der Waals surface area contributed by atoms with Crippen LogP contribution in [0.15, 0.2) is 0 Å². The van der Waals surface area contributed by atoms with E-state index in [1.807, 2.05) is 13.8 Å². The highest BCUT2D eigenvalue weighted by Crippen LogP contribution is 2.33. The van der Waals surface area contributed by atoms with E-state index in [2.05, 4.69) is 17.1 Å². The first-order valence-electron chi connectivity index (χ1n) is 7.20. The van der Waals surface area contributed by atoms with Gasteiger partial charge in [-0.2, -0.15) is 0 Å². The molecule has 4 heteroatoms. The lowest BCUT2D eigenvalue weighted by Crippen LogP contribution is -2.39. The van der Waals surface area contributed by atoms with E-state index in [9.17, 15) is 9.90 Å². The SMILES string of the molecule is CC(C)C(O)CC(=O)NC1CC(C)N(C2CC2)C1. The Labute approximate surface area is 110 Å². The fourth-order valence-electron chi connectivity index (χ4n) is 2.79. The third kappa shape index (κ3) is 3.45. The maximum atomic E-state index is 11.8. The molecule has 1 amide bonds. The van der Waals surface area contributed by atoms with Crippen molar-refractivity contribution in [3.63, 3.8) is 0 Å². The summed E-state index contributed by atoms with van der Waals surface area (Å²) in [5, 5.41) is 12.8. The zero-order chi connectivity index (χ0) is 13.3. The van der Waals surface area contributed by atoms with E-state index in [0.29, 0.717) is 6.04 Å². The molecule has 0 aromatic carbocycles. The van der Waals surface area contributed by atoms with Crippen molar-refractivity contribution < 1.29 is 9.90 Å². The first-order valence-corrected chi connectivity index (χ1v) is 7.20. The smallest absolute Gasteiger partial charge is 0.222 e.